The highest BCUT2D eigenvalue weighted by Crippen LogP contribution is 2.20. The Morgan fingerprint density at radius 1 is 1.00 bits per heavy atom. The second kappa shape index (κ2) is 8.83. The monoisotopic (exact) mass is 427 g/mol. The van der Waals surface area contributed by atoms with Gasteiger partial charge >= 0.3 is 6.03 Å². The third-order valence-corrected chi connectivity index (χ3v) is 6.20. The Morgan fingerprint density at radius 2 is 1.62 bits per heavy atom. The predicted octanol–water partition coefficient (Wildman–Crippen LogP) is 3.33. The van der Waals surface area contributed by atoms with E-state index < -0.39 is 32.4 Å². The minimum Gasteiger partial charge on any atom is -0.325 e. The van der Waals surface area contributed by atoms with E-state index in [0.717, 1.165) is 12.1 Å². The Hall–Kier alpha value is -2.59. The number of sulfonamides is 1. The molecular formula is C19H20F3N3O3S. The van der Waals surface area contributed by atoms with Crippen molar-refractivity contribution in [3.8, 4) is 0 Å². The molecule has 0 saturated carbocycles. The summed E-state index contributed by atoms with van der Waals surface area (Å²) in [6, 6.07) is 7.39. The van der Waals surface area contributed by atoms with Crippen molar-refractivity contribution in [2.24, 2.45) is 5.92 Å². The summed E-state index contributed by atoms with van der Waals surface area (Å²) in [4.78, 5) is 13.3. The highest BCUT2D eigenvalue weighted by Gasteiger charge is 2.25. The Kier molecular flexibility index (Phi) is 6.43. The lowest BCUT2D eigenvalue weighted by atomic mass is 9.97. The van der Waals surface area contributed by atoms with Gasteiger partial charge in [-0.25, -0.2) is 31.1 Å². The Labute approximate surface area is 166 Å². The highest BCUT2D eigenvalue weighted by atomic mass is 32.2. The van der Waals surface area contributed by atoms with Gasteiger partial charge in [0.25, 0.3) is 0 Å². The number of halogens is 3. The number of carbonyl (C=O) groups excluding carboxylic acids is 1. The summed E-state index contributed by atoms with van der Waals surface area (Å²) in [5.74, 6) is -2.42. The number of amides is 2. The van der Waals surface area contributed by atoms with Gasteiger partial charge in [-0.3, -0.25) is 0 Å². The van der Waals surface area contributed by atoms with Crippen LogP contribution in [-0.4, -0.2) is 39.0 Å². The van der Waals surface area contributed by atoms with E-state index in [-0.39, 0.29) is 18.5 Å². The van der Waals surface area contributed by atoms with Crippen molar-refractivity contribution in [1.82, 2.24) is 9.62 Å². The highest BCUT2D eigenvalue weighted by molar-refractivity contribution is 7.89. The predicted molar refractivity (Wildman–Crippen MR) is 101 cm³/mol. The van der Waals surface area contributed by atoms with Crippen molar-refractivity contribution in [3.05, 3.63) is 59.9 Å². The molecule has 1 aliphatic heterocycles. The fourth-order valence-electron chi connectivity index (χ4n) is 3.07. The van der Waals surface area contributed by atoms with E-state index in [4.69, 9.17) is 0 Å². The molecule has 1 aliphatic rings. The van der Waals surface area contributed by atoms with Crippen LogP contribution in [0.5, 0.6) is 0 Å². The van der Waals surface area contributed by atoms with Crippen LogP contribution in [0.2, 0.25) is 0 Å². The zero-order valence-corrected chi connectivity index (χ0v) is 16.2. The van der Waals surface area contributed by atoms with Crippen molar-refractivity contribution < 1.29 is 26.4 Å². The summed E-state index contributed by atoms with van der Waals surface area (Å²) in [7, 11) is -4.10. The van der Waals surface area contributed by atoms with Gasteiger partial charge < -0.3 is 10.2 Å². The molecule has 0 aliphatic carbocycles. The SMILES string of the molecule is O=C(Nc1ccc(F)cc1)N1CCC(CNS(=O)(=O)c2ccc(F)cc2F)CC1. The molecule has 3 rings (SSSR count). The summed E-state index contributed by atoms with van der Waals surface area (Å²) in [5, 5.41) is 2.68. The molecule has 0 bridgehead atoms. The fourth-order valence-corrected chi connectivity index (χ4v) is 4.25. The molecule has 0 radical (unpaired) electrons. The molecule has 2 aromatic rings. The molecule has 2 amide bonds. The molecule has 0 atom stereocenters. The molecule has 156 valence electrons. The molecule has 1 fully saturated rings. The number of urea groups is 1. The minimum absolute atomic E-state index is 0.0249. The van der Waals surface area contributed by atoms with Crippen molar-refractivity contribution in [2.45, 2.75) is 17.7 Å². The van der Waals surface area contributed by atoms with Gasteiger partial charge in [0.05, 0.1) is 0 Å². The fraction of sp³-hybridized carbons (Fsp3) is 0.316. The third kappa shape index (κ3) is 5.48. The zero-order valence-electron chi connectivity index (χ0n) is 15.4. The number of piperidine rings is 1. The molecule has 2 N–H and O–H groups in total. The molecule has 0 aromatic heterocycles. The van der Waals surface area contributed by atoms with Crippen LogP contribution in [-0.2, 0) is 10.0 Å². The molecule has 0 spiro atoms. The summed E-state index contributed by atoms with van der Waals surface area (Å²) >= 11 is 0. The zero-order chi connectivity index (χ0) is 21.0. The van der Waals surface area contributed by atoms with Crippen molar-refractivity contribution >= 4 is 21.7 Å². The van der Waals surface area contributed by atoms with Crippen LogP contribution in [0.4, 0.5) is 23.7 Å². The first-order valence-electron chi connectivity index (χ1n) is 9.01. The molecule has 1 heterocycles. The van der Waals surface area contributed by atoms with Crippen LogP contribution in [0.15, 0.2) is 47.4 Å². The molecule has 0 unspecified atom stereocenters. The lowest BCUT2D eigenvalue weighted by molar-refractivity contribution is 0.183. The smallest absolute Gasteiger partial charge is 0.321 e. The Balaban J connectivity index is 1.49. The largest absolute Gasteiger partial charge is 0.325 e. The van der Waals surface area contributed by atoms with Gasteiger partial charge in [0.2, 0.25) is 10.0 Å². The molecular weight excluding hydrogens is 407 g/mol. The van der Waals surface area contributed by atoms with Crippen molar-refractivity contribution in [3.63, 3.8) is 0 Å². The third-order valence-electron chi connectivity index (χ3n) is 4.74. The second-order valence-electron chi connectivity index (χ2n) is 6.79. The summed E-state index contributed by atoms with van der Waals surface area (Å²) < 4.78 is 66.4. The molecule has 29 heavy (non-hydrogen) atoms. The van der Waals surface area contributed by atoms with E-state index in [0.29, 0.717) is 37.7 Å². The van der Waals surface area contributed by atoms with Crippen LogP contribution >= 0.6 is 0 Å². The number of carbonyl (C=O) groups is 1. The van der Waals surface area contributed by atoms with E-state index in [1.54, 1.807) is 4.90 Å². The van der Waals surface area contributed by atoms with Crippen LogP contribution < -0.4 is 10.0 Å². The second-order valence-corrected chi connectivity index (χ2v) is 8.53. The number of rotatable bonds is 5. The summed E-state index contributed by atoms with van der Waals surface area (Å²) in [5.41, 5.74) is 0.479. The van der Waals surface area contributed by atoms with E-state index in [2.05, 4.69) is 10.0 Å². The lowest BCUT2D eigenvalue weighted by Crippen LogP contribution is -2.43. The van der Waals surface area contributed by atoms with Crippen LogP contribution in [0.3, 0.4) is 0 Å². The molecule has 6 nitrogen and oxygen atoms in total. The van der Waals surface area contributed by atoms with E-state index in [9.17, 15) is 26.4 Å². The standard InChI is InChI=1S/C19H20F3N3O3S/c20-14-1-4-16(5-2-14)24-19(26)25-9-7-13(8-10-25)12-23-29(27,28)18-6-3-15(21)11-17(18)22/h1-6,11,13,23H,7-10,12H2,(H,24,26). The van der Waals surface area contributed by atoms with Gasteiger partial charge in [0.15, 0.2) is 0 Å². The van der Waals surface area contributed by atoms with Crippen molar-refractivity contribution in [2.75, 3.05) is 25.0 Å². The van der Waals surface area contributed by atoms with Gasteiger partial charge in [-0.15, -0.1) is 0 Å². The maximum Gasteiger partial charge on any atom is 0.321 e. The number of likely N-dealkylation sites (tertiary alicyclic amines) is 1. The average Bonchev–Trinajstić information content (AvgIpc) is 2.68. The number of hydrogen-bond donors (Lipinski definition) is 2. The van der Waals surface area contributed by atoms with Gasteiger partial charge in [-0.05, 0) is 55.2 Å². The minimum atomic E-state index is -4.10. The Morgan fingerprint density at radius 3 is 2.24 bits per heavy atom. The first-order chi connectivity index (χ1) is 13.7. The summed E-state index contributed by atoms with van der Waals surface area (Å²) in [6.07, 6.45) is 1.12. The maximum absolute atomic E-state index is 13.7. The van der Waals surface area contributed by atoms with Crippen LogP contribution in [0, 0.1) is 23.4 Å². The normalized spacial score (nSPS) is 15.3. The van der Waals surface area contributed by atoms with Gasteiger partial charge in [-0.1, -0.05) is 0 Å². The van der Waals surface area contributed by atoms with E-state index >= 15 is 0 Å². The number of nitrogens with one attached hydrogen (secondary N) is 2. The van der Waals surface area contributed by atoms with Crippen LogP contribution in [0.25, 0.3) is 0 Å². The topological polar surface area (TPSA) is 78.5 Å². The first kappa shape index (κ1) is 21.1. The number of nitrogens with zero attached hydrogens (tertiary/aromatic N) is 1. The summed E-state index contributed by atoms with van der Waals surface area (Å²) in [6.45, 7) is 0.932. The molecule has 2 aromatic carbocycles. The average molecular weight is 427 g/mol. The van der Waals surface area contributed by atoms with Gasteiger partial charge in [-0.2, -0.15) is 0 Å². The molecule has 10 heteroatoms. The quantitative estimate of drug-likeness (QED) is 0.769. The van der Waals surface area contributed by atoms with Crippen LogP contribution in [0.1, 0.15) is 12.8 Å². The van der Waals surface area contributed by atoms with Gasteiger partial charge in [0.1, 0.15) is 22.3 Å². The van der Waals surface area contributed by atoms with Gasteiger partial charge in [0, 0.05) is 31.4 Å². The van der Waals surface area contributed by atoms with E-state index in [1.165, 1.54) is 24.3 Å². The molecule has 1 saturated heterocycles. The maximum atomic E-state index is 13.7. The number of anilines is 1. The van der Waals surface area contributed by atoms with Crippen molar-refractivity contribution in [1.29, 1.82) is 0 Å². The lowest BCUT2D eigenvalue weighted by Gasteiger charge is -2.32. The number of hydrogen-bond acceptors (Lipinski definition) is 3. The van der Waals surface area contributed by atoms with E-state index in [1.807, 2.05) is 0 Å². The first-order valence-corrected chi connectivity index (χ1v) is 10.5. The Bertz CT molecular complexity index is 976. The number of benzene rings is 2.